The van der Waals surface area contributed by atoms with E-state index in [0.29, 0.717) is 64.3 Å². The number of hydrogen-bond donors (Lipinski definition) is 0. The summed E-state index contributed by atoms with van der Waals surface area (Å²) >= 11 is 6.00. The molecule has 0 aliphatic heterocycles. The van der Waals surface area contributed by atoms with E-state index in [1.807, 2.05) is 80.6 Å². The normalized spacial score (nSPS) is 11.4. The highest BCUT2D eigenvalue weighted by molar-refractivity contribution is 6.31. The maximum Gasteiger partial charge on any atom is 0.231 e. The predicted molar refractivity (Wildman–Crippen MR) is 162 cm³/mol. The molecule has 5 rings (SSSR count). The van der Waals surface area contributed by atoms with Crippen molar-refractivity contribution in [2.24, 2.45) is 0 Å². The highest BCUT2D eigenvalue weighted by Gasteiger charge is 2.21. The zero-order valence-corrected chi connectivity index (χ0v) is 23.7. The molecule has 208 valence electrons. The molecule has 0 spiro atoms. The average Bonchev–Trinajstić information content (AvgIpc) is 3.43. The van der Waals surface area contributed by atoms with Crippen LogP contribution in [0.2, 0.25) is 5.02 Å². The summed E-state index contributed by atoms with van der Waals surface area (Å²) in [6.07, 6.45) is 2.67. The molecule has 6 nitrogen and oxygen atoms in total. The Hall–Kier alpha value is -4.55. The van der Waals surface area contributed by atoms with Crippen LogP contribution in [0.25, 0.3) is 22.7 Å². The molecule has 0 atom stereocenters. The average molecular weight is 568 g/mol. The van der Waals surface area contributed by atoms with Gasteiger partial charge in [0.25, 0.3) is 0 Å². The van der Waals surface area contributed by atoms with Gasteiger partial charge in [-0.3, -0.25) is 4.79 Å². The Labute approximate surface area is 244 Å². The summed E-state index contributed by atoms with van der Waals surface area (Å²) in [5.74, 6) is 1.89. The van der Waals surface area contributed by atoms with Gasteiger partial charge in [-0.15, -0.1) is 0 Å². The van der Waals surface area contributed by atoms with E-state index in [0.717, 1.165) is 17.5 Å². The van der Waals surface area contributed by atoms with Crippen molar-refractivity contribution in [1.29, 1.82) is 0 Å². The molecule has 5 aromatic rings. The predicted octanol–water partition coefficient (Wildman–Crippen LogP) is 8.67. The molecular weight excluding hydrogens is 538 g/mol. The van der Waals surface area contributed by atoms with Crippen LogP contribution >= 0.6 is 11.6 Å². The number of hydrogen-bond acceptors (Lipinski definition) is 6. The number of nitrogens with zero attached hydrogens (tertiary/aromatic N) is 1. The maximum atomic E-state index is 13.8. The van der Waals surface area contributed by atoms with Crippen molar-refractivity contribution in [3.63, 3.8) is 0 Å². The maximum absolute atomic E-state index is 13.8. The number of oxazole rings is 1. The van der Waals surface area contributed by atoms with E-state index < -0.39 is 0 Å². The lowest BCUT2D eigenvalue weighted by atomic mass is 10.0. The van der Waals surface area contributed by atoms with Gasteiger partial charge in [-0.05, 0) is 91.2 Å². The largest absolute Gasteiger partial charge is 0.494 e. The van der Waals surface area contributed by atoms with Gasteiger partial charge in [0.1, 0.15) is 17.9 Å². The van der Waals surface area contributed by atoms with E-state index in [-0.39, 0.29) is 11.7 Å². The van der Waals surface area contributed by atoms with Gasteiger partial charge in [0.2, 0.25) is 5.89 Å². The smallest absolute Gasteiger partial charge is 0.231 e. The first-order valence-corrected chi connectivity index (χ1v) is 13.9. The lowest BCUT2D eigenvalue weighted by molar-refractivity contribution is 0.105. The molecule has 0 N–H and O–H groups in total. The van der Waals surface area contributed by atoms with Gasteiger partial charge in [0.05, 0.1) is 18.8 Å². The highest BCUT2D eigenvalue weighted by atomic mass is 35.5. The van der Waals surface area contributed by atoms with Crippen LogP contribution in [0.4, 0.5) is 0 Å². The number of benzene rings is 4. The molecule has 7 heteroatoms. The Morgan fingerprint density at radius 2 is 1.66 bits per heavy atom. The summed E-state index contributed by atoms with van der Waals surface area (Å²) in [5, 5.41) is 0.671. The van der Waals surface area contributed by atoms with E-state index in [1.54, 1.807) is 30.3 Å². The molecule has 0 radical (unpaired) electrons. The topological polar surface area (TPSA) is 70.8 Å². The van der Waals surface area contributed by atoms with Gasteiger partial charge in [0.15, 0.2) is 22.9 Å². The molecule has 1 aromatic heterocycles. The number of allylic oxidation sites excluding steroid dienone is 1. The Kier molecular flexibility index (Phi) is 9.02. The van der Waals surface area contributed by atoms with Crippen molar-refractivity contribution < 1.29 is 23.4 Å². The Bertz CT molecular complexity index is 1620. The molecule has 0 aliphatic carbocycles. The summed E-state index contributed by atoms with van der Waals surface area (Å²) in [4.78, 5) is 18.5. The SMILES string of the molecule is CCCOc1ccc(C(=O)C(=Cc2ccc(OCc3ccc(Cl)cc3)c(OCC)c2)c2nc3ccccc3o2)cc1. The molecule has 1 heterocycles. The number of halogens is 1. The summed E-state index contributed by atoms with van der Waals surface area (Å²) in [7, 11) is 0. The molecule has 41 heavy (non-hydrogen) atoms. The summed E-state index contributed by atoms with van der Waals surface area (Å²) in [5.41, 5.74) is 3.81. The minimum atomic E-state index is -0.223. The van der Waals surface area contributed by atoms with E-state index in [9.17, 15) is 4.79 Å². The molecule has 0 saturated heterocycles. The summed E-state index contributed by atoms with van der Waals surface area (Å²) in [6.45, 7) is 5.38. The first kappa shape index (κ1) is 28.0. The molecule has 0 amide bonds. The second-order valence-corrected chi connectivity index (χ2v) is 9.74. The van der Waals surface area contributed by atoms with E-state index in [1.165, 1.54) is 0 Å². The summed E-state index contributed by atoms with van der Waals surface area (Å²) < 4.78 is 23.7. The second kappa shape index (κ2) is 13.2. The van der Waals surface area contributed by atoms with Crippen molar-refractivity contribution in [3.8, 4) is 17.2 Å². The molecule has 0 fully saturated rings. The number of carbonyl (C=O) groups excluding carboxylic acids is 1. The third-order valence-corrected chi connectivity index (χ3v) is 6.50. The number of ether oxygens (including phenoxy) is 3. The number of rotatable bonds is 12. The van der Waals surface area contributed by atoms with Crippen LogP contribution < -0.4 is 14.2 Å². The van der Waals surface area contributed by atoms with Crippen LogP contribution in [-0.4, -0.2) is 24.0 Å². The van der Waals surface area contributed by atoms with Gasteiger partial charge in [-0.25, -0.2) is 4.98 Å². The standard InChI is InChI=1S/C34H30ClNO5/c1-3-19-39-27-16-12-25(13-17-27)33(37)28(34-36-29-7-5-6-8-30(29)41-34)20-24-11-18-31(32(21-24)38-4-2)40-22-23-9-14-26(35)15-10-23/h5-18,20-21H,3-4,19,22H2,1-2H3. The fourth-order valence-corrected chi connectivity index (χ4v) is 4.33. The molecular formula is C34H30ClNO5. The highest BCUT2D eigenvalue weighted by Crippen LogP contribution is 2.32. The second-order valence-electron chi connectivity index (χ2n) is 9.30. The first-order valence-electron chi connectivity index (χ1n) is 13.5. The van der Waals surface area contributed by atoms with Crippen LogP contribution in [0.15, 0.2) is 95.4 Å². The number of Topliss-reactive ketones (excluding diaryl/α,β-unsaturated/α-hetero) is 1. The molecule has 4 aromatic carbocycles. The van der Waals surface area contributed by atoms with Crippen LogP contribution in [0.5, 0.6) is 17.2 Å². The Morgan fingerprint density at radius 1 is 0.878 bits per heavy atom. The van der Waals surface area contributed by atoms with Gasteiger partial charge < -0.3 is 18.6 Å². The lowest BCUT2D eigenvalue weighted by Gasteiger charge is -2.13. The van der Waals surface area contributed by atoms with Crippen LogP contribution in [-0.2, 0) is 6.61 Å². The number of fused-ring (bicyclic) bond motifs is 1. The van der Waals surface area contributed by atoms with Crippen LogP contribution in [0.1, 0.15) is 47.6 Å². The van der Waals surface area contributed by atoms with Crippen molar-refractivity contribution in [2.75, 3.05) is 13.2 Å². The Balaban J connectivity index is 1.49. The zero-order valence-electron chi connectivity index (χ0n) is 22.9. The number of carbonyl (C=O) groups is 1. The van der Waals surface area contributed by atoms with Gasteiger partial charge in [-0.2, -0.15) is 0 Å². The molecule has 0 saturated carbocycles. The Morgan fingerprint density at radius 3 is 2.39 bits per heavy atom. The molecule has 0 aliphatic rings. The fourth-order valence-electron chi connectivity index (χ4n) is 4.20. The molecule has 0 bridgehead atoms. The van der Waals surface area contributed by atoms with Gasteiger partial charge in [0, 0.05) is 10.6 Å². The van der Waals surface area contributed by atoms with Crippen LogP contribution in [0, 0.1) is 0 Å². The van der Waals surface area contributed by atoms with Crippen molar-refractivity contribution in [2.45, 2.75) is 26.9 Å². The monoisotopic (exact) mass is 567 g/mol. The van der Waals surface area contributed by atoms with E-state index >= 15 is 0 Å². The third kappa shape index (κ3) is 6.97. The summed E-state index contributed by atoms with van der Waals surface area (Å²) in [6, 6.07) is 27.6. The number of ketones is 1. The van der Waals surface area contributed by atoms with Crippen molar-refractivity contribution in [3.05, 3.63) is 119 Å². The number of para-hydroxylation sites is 2. The van der Waals surface area contributed by atoms with Gasteiger partial charge in [-0.1, -0.05) is 48.9 Å². The quantitative estimate of drug-likeness (QED) is 0.111. The lowest BCUT2D eigenvalue weighted by Crippen LogP contribution is -2.04. The minimum Gasteiger partial charge on any atom is -0.494 e. The zero-order chi connectivity index (χ0) is 28.6. The van der Waals surface area contributed by atoms with Crippen molar-refractivity contribution >= 4 is 40.1 Å². The third-order valence-electron chi connectivity index (χ3n) is 6.24. The van der Waals surface area contributed by atoms with E-state index in [2.05, 4.69) is 4.98 Å². The van der Waals surface area contributed by atoms with Crippen LogP contribution in [0.3, 0.4) is 0 Å². The fraction of sp³-hybridized carbons (Fsp3) is 0.176. The van der Waals surface area contributed by atoms with Gasteiger partial charge >= 0.3 is 0 Å². The van der Waals surface area contributed by atoms with Crippen molar-refractivity contribution in [1.82, 2.24) is 4.98 Å². The first-order chi connectivity index (χ1) is 20.0. The van der Waals surface area contributed by atoms with E-state index in [4.69, 9.17) is 30.2 Å². The molecule has 0 unspecified atom stereocenters. The number of aromatic nitrogens is 1. The minimum absolute atomic E-state index is 0.223.